The highest BCUT2D eigenvalue weighted by Gasteiger charge is 2.00. The van der Waals surface area contributed by atoms with Crippen LogP contribution in [0, 0.1) is 5.21 Å². The lowest BCUT2D eigenvalue weighted by atomic mass is 10.2. The van der Waals surface area contributed by atoms with E-state index in [0.717, 1.165) is 10.1 Å². The molecule has 0 aliphatic carbocycles. The standard InChI is InChI=1S/C9H8N2O/c10-8-3-4-9-7(6-8)2-1-5-11(9)12/h1-6H,10H2. The van der Waals surface area contributed by atoms with Crippen molar-refractivity contribution in [2.24, 2.45) is 0 Å². The van der Waals surface area contributed by atoms with Crippen LogP contribution >= 0.6 is 0 Å². The Morgan fingerprint density at radius 3 is 2.92 bits per heavy atom. The third-order valence-corrected chi connectivity index (χ3v) is 1.79. The normalized spacial score (nSPS) is 10.3. The minimum Gasteiger partial charge on any atom is -0.618 e. The summed E-state index contributed by atoms with van der Waals surface area (Å²) in [4.78, 5) is 0. The van der Waals surface area contributed by atoms with Crippen molar-refractivity contribution in [2.45, 2.75) is 0 Å². The van der Waals surface area contributed by atoms with Gasteiger partial charge in [0.25, 0.3) is 0 Å². The van der Waals surface area contributed by atoms with E-state index in [4.69, 9.17) is 5.73 Å². The minimum atomic E-state index is 0.645. The molecule has 12 heavy (non-hydrogen) atoms. The van der Waals surface area contributed by atoms with E-state index in [-0.39, 0.29) is 0 Å². The molecule has 1 aromatic carbocycles. The second-order valence-corrected chi connectivity index (χ2v) is 2.65. The lowest BCUT2D eigenvalue weighted by Crippen LogP contribution is -2.25. The van der Waals surface area contributed by atoms with Gasteiger partial charge in [-0.05, 0) is 18.2 Å². The zero-order chi connectivity index (χ0) is 8.55. The Balaban J connectivity index is 2.86. The Hall–Kier alpha value is -1.77. The van der Waals surface area contributed by atoms with Crippen molar-refractivity contribution in [1.82, 2.24) is 0 Å². The molecule has 0 unspecified atom stereocenters. The Labute approximate surface area is 69.6 Å². The molecule has 0 amide bonds. The molecule has 3 heteroatoms. The minimum absolute atomic E-state index is 0.645. The van der Waals surface area contributed by atoms with Crippen molar-refractivity contribution in [1.29, 1.82) is 0 Å². The highest BCUT2D eigenvalue weighted by molar-refractivity contribution is 5.79. The van der Waals surface area contributed by atoms with Crippen LogP contribution < -0.4 is 10.5 Å². The number of anilines is 1. The van der Waals surface area contributed by atoms with Gasteiger partial charge in [0.05, 0.1) is 0 Å². The topological polar surface area (TPSA) is 53.0 Å². The molecule has 0 aliphatic heterocycles. The maximum atomic E-state index is 11.2. The molecule has 0 bridgehead atoms. The molecule has 60 valence electrons. The average molecular weight is 160 g/mol. The van der Waals surface area contributed by atoms with Gasteiger partial charge in [-0.15, -0.1) is 0 Å². The number of hydrogen-bond acceptors (Lipinski definition) is 2. The summed E-state index contributed by atoms with van der Waals surface area (Å²) < 4.78 is 0.828. The highest BCUT2D eigenvalue weighted by atomic mass is 16.5. The first kappa shape index (κ1) is 6.91. The smallest absolute Gasteiger partial charge is 0.223 e. The van der Waals surface area contributed by atoms with Crippen molar-refractivity contribution in [3.05, 3.63) is 41.7 Å². The highest BCUT2D eigenvalue weighted by Crippen LogP contribution is 2.12. The van der Waals surface area contributed by atoms with Gasteiger partial charge in [0.1, 0.15) is 0 Å². The van der Waals surface area contributed by atoms with Crippen molar-refractivity contribution in [3.63, 3.8) is 0 Å². The lowest BCUT2D eigenvalue weighted by Gasteiger charge is -2.00. The predicted molar refractivity (Wildman–Crippen MR) is 47.3 cm³/mol. The first-order valence-electron chi connectivity index (χ1n) is 3.65. The van der Waals surface area contributed by atoms with Gasteiger partial charge in [0.15, 0.2) is 6.20 Å². The van der Waals surface area contributed by atoms with Crippen molar-refractivity contribution < 1.29 is 4.73 Å². The van der Waals surface area contributed by atoms with Gasteiger partial charge >= 0.3 is 0 Å². The molecule has 0 radical (unpaired) electrons. The molecule has 3 nitrogen and oxygen atoms in total. The first-order valence-corrected chi connectivity index (χ1v) is 3.65. The summed E-state index contributed by atoms with van der Waals surface area (Å²) in [5.41, 5.74) is 6.88. The van der Waals surface area contributed by atoms with Gasteiger partial charge in [0.2, 0.25) is 5.52 Å². The number of aromatic nitrogens is 1. The Morgan fingerprint density at radius 2 is 2.08 bits per heavy atom. The number of fused-ring (bicyclic) bond motifs is 1. The maximum absolute atomic E-state index is 11.2. The van der Waals surface area contributed by atoms with Crippen LogP contribution in [0.25, 0.3) is 10.9 Å². The first-order chi connectivity index (χ1) is 5.77. The largest absolute Gasteiger partial charge is 0.618 e. The van der Waals surface area contributed by atoms with E-state index in [1.165, 1.54) is 6.20 Å². The fourth-order valence-corrected chi connectivity index (χ4v) is 1.21. The van der Waals surface area contributed by atoms with E-state index in [1.54, 1.807) is 24.3 Å². The zero-order valence-electron chi connectivity index (χ0n) is 6.40. The number of nitrogens with two attached hydrogens (primary N) is 1. The molecular formula is C9H8N2O. The summed E-state index contributed by atoms with van der Waals surface area (Å²) in [5, 5.41) is 12.0. The van der Waals surface area contributed by atoms with Crippen LogP contribution in [0.3, 0.4) is 0 Å². The number of pyridine rings is 1. The second-order valence-electron chi connectivity index (χ2n) is 2.65. The Bertz CT molecular complexity index is 426. The number of rotatable bonds is 0. The molecule has 0 saturated heterocycles. The third kappa shape index (κ3) is 0.955. The molecule has 2 aromatic rings. The van der Waals surface area contributed by atoms with Gasteiger partial charge in [-0.2, -0.15) is 4.73 Å². The molecule has 1 aromatic heterocycles. The maximum Gasteiger partial charge on any atom is 0.223 e. The molecule has 2 N–H and O–H groups in total. The van der Waals surface area contributed by atoms with Gasteiger partial charge in [-0.1, -0.05) is 0 Å². The van der Waals surface area contributed by atoms with Gasteiger partial charge in [0, 0.05) is 23.2 Å². The predicted octanol–water partition coefficient (Wildman–Crippen LogP) is 1.06. The van der Waals surface area contributed by atoms with E-state index in [9.17, 15) is 5.21 Å². The Kier molecular flexibility index (Phi) is 1.37. The van der Waals surface area contributed by atoms with Crippen LogP contribution in [0.15, 0.2) is 36.5 Å². The lowest BCUT2D eigenvalue weighted by molar-refractivity contribution is -0.577. The van der Waals surface area contributed by atoms with Crippen LogP contribution in [0.2, 0.25) is 0 Å². The van der Waals surface area contributed by atoms with Crippen LogP contribution in [-0.4, -0.2) is 0 Å². The van der Waals surface area contributed by atoms with E-state index in [2.05, 4.69) is 0 Å². The summed E-state index contributed by atoms with van der Waals surface area (Å²) in [6.45, 7) is 0. The van der Waals surface area contributed by atoms with Crippen LogP contribution in [0.1, 0.15) is 0 Å². The number of nitrogens with zero attached hydrogens (tertiary/aromatic N) is 1. The molecule has 0 fully saturated rings. The van der Waals surface area contributed by atoms with Gasteiger partial charge < -0.3 is 10.9 Å². The third-order valence-electron chi connectivity index (χ3n) is 1.79. The number of hydrogen-bond donors (Lipinski definition) is 1. The fourth-order valence-electron chi connectivity index (χ4n) is 1.21. The van der Waals surface area contributed by atoms with E-state index >= 15 is 0 Å². The van der Waals surface area contributed by atoms with Crippen LogP contribution in [0.5, 0.6) is 0 Å². The average Bonchev–Trinajstić information content (AvgIpc) is 2.04. The summed E-state index contributed by atoms with van der Waals surface area (Å²) in [6, 6.07) is 8.78. The van der Waals surface area contributed by atoms with Crippen molar-refractivity contribution >= 4 is 16.6 Å². The molecular weight excluding hydrogens is 152 g/mol. The fraction of sp³-hybridized carbons (Fsp3) is 0. The summed E-state index contributed by atoms with van der Waals surface area (Å²) in [6.07, 6.45) is 1.47. The molecule has 0 saturated carbocycles. The van der Waals surface area contributed by atoms with Crippen LogP contribution in [0.4, 0.5) is 5.69 Å². The summed E-state index contributed by atoms with van der Waals surface area (Å²) in [5.74, 6) is 0. The zero-order valence-corrected chi connectivity index (χ0v) is 6.40. The van der Waals surface area contributed by atoms with Crippen molar-refractivity contribution in [3.8, 4) is 0 Å². The number of benzene rings is 1. The van der Waals surface area contributed by atoms with Gasteiger partial charge in [-0.3, -0.25) is 0 Å². The quantitative estimate of drug-likeness (QED) is 0.356. The van der Waals surface area contributed by atoms with E-state index in [1.807, 2.05) is 6.07 Å². The van der Waals surface area contributed by atoms with Crippen LogP contribution in [-0.2, 0) is 0 Å². The number of nitrogen functional groups attached to an aromatic ring is 1. The Morgan fingerprint density at radius 1 is 1.25 bits per heavy atom. The second kappa shape index (κ2) is 2.37. The van der Waals surface area contributed by atoms with Gasteiger partial charge in [-0.25, -0.2) is 0 Å². The molecule has 1 heterocycles. The molecule has 0 aliphatic rings. The molecule has 0 atom stereocenters. The molecule has 2 rings (SSSR count). The van der Waals surface area contributed by atoms with E-state index in [0.29, 0.717) is 11.2 Å². The monoisotopic (exact) mass is 160 g/mol. The summed E-state index contributed by atoms with van der Waals surface area (Å²) in [7, 11) is 0. The summed E-state index contributed by atoms with van der Waals surface area (Å²) >= 11 is 0. The van der Waals surface area contributed by atoms with E-state index < -0.39 is 0 Å². The van der Waals surface area contributed by atoms with Crippen molar-refractivity contribution in [2.75, 3.05) is 5.73 Å². The molecule has 0 spiro atoms. The SMILES string of the molecule is Nc1ccc2c(ccc[n+]2[O-])c1.